The molecule has 0 aliphatic heterocycles. The van der Waals surface area contributed by atoms with Gasteiger partial charge in [-0.2, -0.15) is 0 Å². The monoisotopic (exact) mass is 239 g/mol. The molecule has 0 radical (unpaired) electrons. The second-order valence-electron chi connectivity index (χ2n) is 4.63. The van der Waals surface area contributed by atoms with Gasteiger partial charge in [0, 0.05) is 12.7 Å². The number of anilines is 1. The second-order valence-corrected chi connectivity index (χ2v) is 5.06. The van der Waals surface area contributed by atoms with Crippen molar-refractivity contribution < 1.29 is 0 Å². The zero-order chi connectivity index (χ0) is 11.4. The van der Waals surface area contributed by atoms with Crippen molar-refractivity contribution in [2.24, 2.45) is 11.1 Å². The predicted molar refractivity (Wildman–Crippen MR) is 67.7 cm³/mol. The molecule has 16 heavy (non-hydrogen) atoms. The third kappa shape index (κ3) is 2.66. The highest BCUT2D eigenvalue weighted by Gasteiger charge is 2.32. The highest BCUT2D eigenvalue weighted by molar-refractivity contribution is 6.30. The first-order valence-corrected chi connectivity index (χ1v) is 6.17. The molecule has 0 aromatic carbocycles. The maximum atomic E-state index is 5.88. The summed E-state index contributed by atoms with van der Waals surface area (Å²) in [6, 6.07) is 3.75. The fraction of sp³-hybridized carbons (Fsp3) is 0.583. The van der Waals surface area contributed by atoms with Crippen LogP contribution in [-0.4, -0.2) is 18.1 Å². The number of halogens is 1. The summed E-state index contributed by atoms with van der Waals surface area (Å²) in [5, 5.41) is 4.02. The SMILES string of the molecule is NCC1(CNc2ccc(Cl)cn2)CCCC1. The first kappa shape index (κ1) is 11.7. The molecule has 1 fully saturated rings. The molecule has 0 unspecified atom stereocenters. The van der Waals surface area contributed by atoms with Gasteiger partial charge in [0.25, 0.3) is 0 Å². The molecule has 0 atom stereocenters. The lowest BCUT2D eigenvalue weighted by Gasteiger charge is -2.27. The van der Waals surface area contributed by atoms with E-state index in [0.29, 0.717) is 5.02 Å². The summed E-state index contributed by atoms with van der Waals surface area (Å²) in [7, 11) is 0. The average Bonchev–Trinajstić information content (AvgIpc) is 2.78. The van der Waals surface area contributed by atoms with E-state index >= 15 is 0 Å². The molecule has 0 bridgehead atoms. The summed E-state index contributed by atoms with van der Waals surface area (Å²) < 4.78 is 0. The van der Waals surface area contributed by atoms with Crippen molar-refractivity contribution in [3.05, 3.63) is 23.4 Å². The molecule has 2 rings (SSSR count). The summed E-state index contributed by atoms with van der Waals surface area (Å²) in [6.45, 7) is 1.67. The third-order valence-electron chi connectivity index (χ3n) is 3.47. The smallest absolute Gasteiger partial charge is 0.126 e. The van der Waals surface area contributed by atoms with Gasteiger partial charge in [-0.25, -0.2) is 4.98 Å². The number of pyridine rings is 1. The number of rotatable bonds is 4. The minimum Gasteiger partial charge on any atom is -0.369 e. The lowest BCUT2D eigenvalue weighted by molar-refractivity contribution is 0.332. The molecule has 1 heterocycles. The summed E-state index contributed by atoms with van der Waals surface area (Å²) in [5.41, 5.74) is 6.15. The van der Waals surface area contributed by atoms with Crippen molar-refractivity contribution >= 4 is 17.4 Å². The number of nitrogens with one attached hydrogen (secondary N) is 1. The second kappa shape index (κ2) is 5.02. The van der Waals surface area contributed by atoms with Gasteiger partial charge in [-0.3, -0.25) is 0 Å². The normalized spacial score (nSPS) is 18.6. The average molecular weight is 240 g/mol. The van der Waals surface area contributed by atoms with Crippen LogP contribution < -0.4 is 11.1 Å². The van der Waals surface area contributed by atoms with Crippen molar-refractivity contribution in [2.75, 3.05) is 18.4 Å². The third-order valence-corrected chi connectivity index (χ3v) is 3.69. The molecule has 1 aliphatic rings. The van der Waals surface area contributed by atoms with E-state index in [0.717, 1.165) is 18.9 Å². The predicted octanol–water partition coefficient (Wildman–Crippen LogP) is 2.67. The van der Waals surface area contributed by atoms with Gasteiger partial charge in [0.05, 0.1) is 5.02 Å². The quantitative estimate of drug-likeness (QED) is 0.850. The minimum atomic E-state index is 0.279. The fourth-order valence-corrected chi connectivity index (χ4v) is 2.45. The Balaban J connectivity index is 1.93. The van der Waals surface area contributed by atoms with Gasteiger partial charge in [-0.15, -0.1) is 0 Å². The molecule has 1 saturated carbocycles. The van der Waals surface area contributed by atoms with Crippen molar-refractivity contribution in [3.8, 4) is 0 Å². The summed E-state index contributed by atoms with van der Waals surface area (Å²) in [5.74, 6) is 0.879. The molecule has 3 N–H and O–H groups in total. The van der Waals surface area contributed by atoms with Crippen LogP contribution in [0.15, 0.2) is 18.3 Å². The Kier molecular flexibility index (Phi) is 3.66. The van der Waals surface area contributed by atoms with E-state index in [9.17, 15) is 0 Å². The van der Waals surface area contributed by atoms with Crippen molar-refractivity contribution in [2.45, 2.75) is 25.7 Å². The van der Waals surface area contributed by atoms with Gasteiger partial charge in [-0.05, 0) is 36.9 Å². The molecule has 3 nitrogen and oxygen atoms in total. The Morgan fingerprint density at radius 1 is 1.38 bits per heavy atom. The van der Waals surface area contributed by atoms with Crippen molar-refractivity contribution in [1.29, 1.82) is 0 Å². The van der Waals surface area contributed by atoms with E-state index in [-0.39, 0.29) is 5.41 Å². The maximum absolute atomic E-state index is 5.88. The number of hydrogen-bond donors (Lipinski definition) is 2. The number of hydrogen-bond acceptors (Lipinski definition) is 3. The summed E-state index contributed by atoms with van der Waals surface area (Å²) >= 11 is 5.78. The van der Waals surface area contributed by atoms with E-state index in [4.69, 9.17) is 17.3 Å². The zero-order valence-corrected chi connectivity index (χ0v) is 10.1. The van der Waals surface area contributed by atoms with E-state index < -0.39 is 0 Å². The van der Waals surface area contributed by atoms with Crippen molar-refractivity contribution in [3.63, 3.8) is 0 Å². The molecule has 0 spiro atoms. The largest absolute Gasteiger partial charge is 0.369 e. The zero-order valence-electron chi connectivity index (χ0n) is 9.38. The van der Waals surface area contributed by atoms with Crippen LogP contribution in [0.4, 0.5) is 5.82 Å². The standard InChI is InChI=1S/C12H18ClN3/c13-10-3-4-11(15-7-10)16-9-12(8-14)5-1-2-6-12/h3-4,7H,1-2,5-6,8-9,14H2,(H,15,16). The summed E-state index contributed by atoms with van der Waals surface area (Å²) in [6.07, 6.45) is 6.71. The van der Waals surface area contributed by atoms with Crippen LogP contribution in [0.2, 0.25) is 5.02 Å². The number of nitrogens with two attached hydrogens (primary N) is 1. The van der Waals surface area contributed by atoms with Crippen LogP contribution in [0.5, 0.6) is 0 Å². The van der Waals surface area contributed by atoms with Gasteiger partial charge in [-0.1, -0.05) is 24.4 Å². The summed E-state index contributed by atoms with van der Waals surface area (Å²) in [4.78, 5) is 4.22. The van der Waals surface area contributed by atoms with Gasteiger partial charge >= 0.3 is 0 Å². The van der Waals surface area contributed by atoms with Crippen LogP contribution in [0.1, 0.15) is 25.7 Å². The van der Waals surface area contributed by atoms with Gasteiger partial charge < -0.3 is 11.1 Å². The first-order valence-electron chi connectivity index (χ1n) is 5.80. The molecule has 1 aliphatic carbocycles. The van der Waals surface area contributed by atoms with Gasteiger partial charge in [0.2, 0.25) is 0 Å². The minimum absolute atomic E-state index is 0.279. The van der Waals surface area contributed by atoms with E-state index in [1.807, 2.05) is 12.1 Å². The maximum Gasteiger partial charge on any atom is 0.126 e. The van der Waals surface area contributed by atoms with Crippen LogP contribution in [0, 0.1) is 5.41 Å². The Labute approximate surface area is 101 Å². The van der Waals surface area contributed by atoms with E-state index in [1.165, 1.54) is 25.7 Å². The van der Waals surface area contributed by atoms with Crippen LogP contribution >= 0.6 is 11.6 Å². The fourth-order valence-electron chi connectivity index (χ4n) is 2.34. The van der Waals surface area contributed by atoms with Crippen molar-refractivity contribution in [1.82, 2.24) is 4.98 Å². The van der Waals surface area contributed by atoms with Crippen LogP contribution in [-0.2, 0) is 0 Å². The first-order chi connectivity index (χ1) is 7.74. The van der Waals surface area contributed by atoms with E-state index in [2.05, 4.69) is 10.3 Å². The number of aromatic nitrogens is 1. The molecule has 88 valence electrons. The van der Waals surface area contributed by atoms with Gasteiger partial charge in [0.1, 0.15) is 5.82 Å². The lowest BCUT2D eigenvalue weighted by atomic mass is 9.86. The Morgan fingerprint density at radius 2 is 2.12 bits per heavy atom. The molecule has 1 aromatic heterocycles. The molecular formula is C12H18ClN3. The number of nitrogens with zero attached hydrogens (tertiary/aromatic N) is 1. The Hall–Kier alpha value is -0.800. The van der Waals surface area contributed by atoms with Crippen LogP contribution in [0.3, 0.4) is 0 Å². The highest BCUT2D eigenvalue weighted by atomic mass is 35.5. The Bertz CT molecular complexity index is 331. The molecule has 4 heteroatoms. The molecule has 1 aromatic rings. The van der Waals surface area contributed by atoms with E-state index in [1.54, 1.807) is 6.20 Å². The topological polar surface area (TPSA) is 50.9 Å². The Morgan fingerprint density at radius 3 is 2.69 bits per heavy atom. The highest BCUT2D eigenvalue weighted by Crippen LogP contribution is 2.37. The lowest BCUT2D eigenvalue weighted by Crippen LogP contribution is -2.34. The molecular weight excluding hydrogens is 222 g/mol. The van der Waals surface area contributed by atoms with Crippen LogP contribution in [0.25, 0.3) is 0 Å². The molecule has 0 saturated heterocycles. The van der Waals surface area contributed by atoms with Gasteiger partial charge in [0.15, 0.2) is 0 Å². The molecule has 0 amide bonds.